The summed E-state index contributed by atoms with van der Waals surface area (Å²) >= 11 is 7.43. The molecule has 7 nitrogen and oxygen atoms in total. The predicted molar refractivity (Wildman–Crippen MR) is 144 cm³/mol. The normalized spacial score (nSPS) is 41.7. The zero-order chi connectivity index (χ0) is 29.3. The molecule has 0 spiro atoms. The number of aliphatic hydroxyl groups excluding tert-OH is 1. The fourth-order valence-electron chi connectivity index (χ4n) is 8.45. The highest BCUT2D eigenvalue weighted by Gasteiger charge is 2.77. The molecule has 1 aromatic rings. The first-order chi connectivity index (χ1) is 18.7. The Morgan fingerprint density at radius 2 is 1.80 bits per heavy atom. The number of alkyl halides is 2. The average molecular weight is 573 g/mol. The van der Waals surface area contributed by atoms with E-state index in [0.717, 1.165) is 0 Å². The van der Waals surface area contributed by atoms with Gasteiger partial charge in [0.1, 0.15) is 6.17 Å². The van der Waals surface area contributed by atoms with Crippen LogP contribution in [0, 0.1) is 28.6 Å². The van der Waals surface area contributed by atoms with Crippen LogP contribution in [-0.2, 0) is 23.9 Å². The molecular weight excluding hydrogens is 539 g/mol. The SMILES string of the molecule is CC(=O)OCC(=O)[C@]1(OC(=O)c2ccccc2)C(C)C[C@H]2[C@@H]3CC(F)C4=CC(=O)C=C[C@]4(C)[C@@]3(Cl)[C@@H](O)C[C@@]21C. The van der Waals surface area contributed by atoms with Crippen molar-refractivity contribution in [2.45, 2.75) is 69.7 Å². The van der Waals surface area contributed by atoms with Crippen LogP contribution < -0.4 is 0 Å². The Hall–Kier alpha value is -2.84. The maximum atomic E-state index is 15.9. The van der Waals surface area contributed by atoms with Crippen LogP contribution in [0.4, 0.5) is 4.39 Å². The molecule has 3 saturated carbocycles. The number of ether oxygens (including phenoxy) is 2. The van der Waals surface area contributed by atoms with Gasteiger partial charge in [0.05, 0.1) is 16.5 Å². The van der Waals surface area contributed by atoms with Gasteiger partial charge >= 0.3 is 11.9 Å². The van der Waals surface area contributed by atoms with Gasteiger partial charge in [-0.1, -0.05) is 45.0 Å². The largest absolute Gasteiger partial charge is 0.458 e. The van der Waals surface area contributed by atoms with Crippen LogP contribution in [-0.4, -0.2) is 58.0 Å². The predicted octanol–water partition coefficient (Wildman–Crippen LogP) is 4.55. The molecule has 40 heavy (non-hydrogen) atoms. The lowest BCUT2D eigenvalue weighted by atomic mass is 9.45. The molecule has 0 radical (unpaired) electrons. The molecule has 0 heterocycles. The van der Waals surface area contributed by atoms with E-state index < -0.39 is 75.7 Å². The minimum atomic E-state index is -1.78. The molecular formula is C31H34ClFO7. The third kappa shape index (κ3) is 3.78. The minimum Gasteiger partial charge on any atom is -0.458 e. The van der Waals surface area contributed by atoms with E-state index in [0.29, 0.717) is 6.42 Å². The number of rotatable bonds is 5. The fraction of sp³-hybridized carbons (Fsp3) is 0.548. The second-order valence-corrected chi connectivity index (χ2v) is 12.8. The van der Waals surface area contributed by atoms with E-state index in [2.05, 4.69) is 0 Å². The van der Waals surface area contributed by atoms with Crippen molar-refractivity contribution in [2.75, 3.05) is 6.61 Å². The van der Waals surface area contributed by atoms with E-state index in [1.807, 2.05) is 0 Å². The molecule has 1 N–H and O–H groups in total. The molecule has 9 atom stereocenters. The van der Waals surface area contributed by atoms with Gasteiger partial charge < -0.3 is 14.6 Å². The zero-order valence-electron chi connectivity index (χ0n) is 23.0. The van der Waals surface area contributed by atoms with E-state index in [1.165, 1.54) is 19.1 Å². The van der Waals surface area contributed by atoms with Crippen LogP contribution in [0.25, 0.3) is 0 Å². The highest BCUT2D eigenvalue weighted by Crippen LogP contribution is 2.72. The number of aliphatic hydroxyl groups is 1. The number of hydrogen-bond acceptors (Lipinski definition) is 7. The number of benzene rings is 1. The van der Waals surface area contributed by atoms with Gasteiger partial charge in [-0.2, -0.15) is 0 Å². The Morgan fingerprint density at radius 1 is 1.12 bits per heavy atom. The highest BCUT2D eigenvalue weighted by atomic mass is 35.5. The number of Topliss-reactive ketones (excluding diaryl/α,β-unsaturated/α-hetero) is 1. The monoisotopic (exact) mass is 572 g/mol. The van der Waals surface area contributed by atoms with E-state index >= 15 is 4.39 Å². The summed E-state index contributed by atoms with van der Waals surface area (Å²) in [6, 6.07) is 8.25. The maximum Gasteiger partial charge on any atom is 0.339 e. The zero-order valence-corrected chi connectivity index (χ0v) is 23.7. The van der Waals surface area contributed by atoms with Crippen molar-refractivity contribution >= 4 is 35.1 Å². The van der Waals surface area contributed by atoms with Gasteiger partial charge in [-0.15, -0.1) is 11.6 Å². The lowest BCUT2D eigenvalue weighted by molar-refractivity contribution is -0.184. The van der Waals surface area contributed by atoms with E-state index in [1.54, 1.807) is 57.2 Å². The molecule has 5 rings (SSSR count). The fourth-order valence-corrected chi connectivity index (χ4v) is 8.94. The maximum absolute atomic E-state index is 15.9. The summed E-state index contributed by atoms with van der Waals surface area (Å²) in [7, 11) is 0. The number of hydrogen-bond donors (Lipinski definition) is 1. The molecule has 214 valence electrons. The average Bonchev–Trinajstić information content (AvgIpc) is 3.12. The molecule has 4 aliphatic carbocycles. The van der Waals surface area contributed by atoms with Gasteiger partial charge in [0.2, 0.25) is 5.78 Å². The number of fused-ring (bicyclic) bond motifs is 5. The van der Waals surface area contributed by atoms with Crippen molar-refractivity contribution in [3.8, 4) is 0 Å². The summed E-state index contributed by atoms with van der Waals surface area (Å²) < 4.78 is 27.2. The summed E-state index contributed by atoms with van der Waals surface area (Å²) in [5, 5.41) is 11.9. The van der Waals surface area contributed by atoms with E-state index in [4.69, 9.17) is 21.1 Å². The van der Waals surface area contributed by atoms with Crippen LogP contribution in [0.3, 0.4) is 0 Å². The second kappa shape index (κ2) is 9.62. The van der Waals surface area contributed by atoms with Crippen molar-refractivity contribution in [3.05, 3.63) is 59.7 Å². The van der Waals surface area contributed by atoms with Crippen molar-refractivity contribution < 1.29 is 38.1 Å². The van der Waals surface area contributed by atoms with Gasteiger partial charge in [-0.25, -0.2) is 9.18 Å². The summed E-state index contributed by atoms with van der Waals surface area (Å²) in [5.74, 6) is -3.93. The summed E-state index contributed by atoms with van der Waals surface area (Å²) in [5.41, 5.74) is -3.61. The first-order valence-corrected chi connectivity index (χ1v) is 14.0. The lowest BCUT2D eigenvalue weighted by Crippen LogP contribution is -2.70. The standard InChI is InChI=1S/C31H34ClFO7/c1-17-12-21-22-14-24(33)23-13-20(35)10-11-28(23,3)30(22,32)25(36)15-29(21,4)31(17,26(37)16-39-18(2)34)40-27(38)19-8-6-5-7-9-19/h5-11,13,17,21-22,24-25,36H,12,14-16H2,1-4H3/t17?,21-,22-,24?,25-,28-,29-,30-,31+/m0/s1. The highest BCUT2D eigenvalue weighted by molar-refractivity contribution is 6.26. The first-order valence-electron chi connectivity index (χ1n) is 13.6. The third-order valence-electron chi connectivity index (χ3n) is 10.3. The van der Waals surface area contributed by atoms with E-state index in [9.17, 15) is 24.3 Å². The Balaban J connectivity index is 1.63. The number of halogens is 2. The number of carbonyl (C=O) groups excluding carboxylic acids is 4. The van der Waals surface area contributed by atoms with Crippen molar-refractivity contribution in [1.82, 2.24) is 0 Å². The topological polar surface area (TPSA) is 107 Å². The number of ketones is 2. The molecule has 0 aromatic heterocycles. The number of allylic oxidation sites excluding steroid dienone is 4. The van der Waals surface area contributed by atoms with Crippen molar-refractivity contribution in [2.24, 2.45) is 28.6 Å². The van der Waals surface area contributed by atoms with Crippen molar-refractivity contribution in [1.29, 1.82) is 0 Å². The van der Waals surface area contributed by atoms with Gasteiger partial charge in [0.25, 0.3) is 0 Å². The molecule has 2 unspecified atom stereocenters. The number of carbonyl (C=O) groups is 4. The molecule has 0 saturated heterocycles. The van der Waals surface area contributed by atoms with Crippen LogP contribution in [0.2, 0.25) is 0 Å². The Kier molecular flexibility index (Phi) is 6.90. The number of esters is 2. The first kappa shape index (κ1) is 28.7. The minimum absolute atomic E-state index is 0.0303. The van der Waals surface area contributed by atoms with Gasteiger partial charge in [0, 0.05) is 23.7 Å². The van der Waals surface area contributed by atoms with Crippen molar-refractivity contribution in [3.63, 3.8) is 0 Å². The van der Waals surface area contributed by atoms with Crippen LogP contribution in [0.5, 0.6) is 0 Å². The molecule has 9 heteroatoms. The van der Waals surface area contributed by atoms with Gasteiger partial charge in [0.15, 0.2) is 18.0 Å². The molecule has 0 bridgehead atoms. The van der Waals surface area contributed by atoms with Gasteiger partial charge in [-0.05, 0) is 61.0 Å². The Morgan fingerprint density at radius 3 is 2.45 bits per heavy atom. The van der Waals surface area contributed by atoms with Crippen LogP contribution >= 0.6 is 11.6 Å². The quantitative estimate of drug-likeness (QED) is 0.407. The molecule has 1 aromatic carbocycles. The molecule has 4 aliphatic rings. The second-order valence-electron chi connectivity index (χ2n) is 12.2. The summed E-state index contributed by atoms with van der Waals surface area (Å²) in [6.07, 6.45) is 1.76. The van der Waals surface area contributed by atoms with Crippen LogP contribution in [0.1, 0.15) is 57.3 Å². The molecule has 0 amide bonds. The van der Waals surface area contributed by atoms with E-state index in [-0.39, 0.29) is 29.8 Å². The van der Waals surface area contributed by atoms with Gasteiger partial charge in [-0.3, -0.25) is 14.4 Å². The Bertz CT molecular complexity index is 1330. The summed E-state index contributed by atoms with van der Waals surface area (Å²) in [4.78, 5) is 50.0. The Labute approximate surface area is 237 Å². The third-order valence-corrected chi connectivity index (χ3v) is 11.2. The molecule has 3 fully saturated rings. The smallest absolute Gasteiger partial charge is 0.339 e. The lowest BCUT2D eigenvalue weighted by Gasteiger charge is -2.64. The van der Waals surface area contributed by atoms with Crippen LogP contribution in [0.15, 0.2) is 54.1 Å². The summed E-state index contributed by atoms with van der Waals surface area (Å²) in [6.45, 7) is 5.89. The molecule has 0 aliphatic heterocycles.